The normalized spacial score (nSPS) is 10.5. The van der Waals surface area contributed by atoms with Gasteiger partial charge in [0.2, 0.25) is 0 Å². The maximum absolute atomic E-state index is 12.6. The van der Waals surface area contributed by atoms with E-state index >= 15 is 0 Å². The van der Waals surface area contributed by atoms with Crippen molar-refractivity contribution in [2.75, 3.05) is 12.4 Å². The predicted molar refractivity (Wildman–Crippen MR) is 94.7 cm³/mol. The minimum absolute atomic E-state index is 0.298. The van der Waals surface area contributed by atoms with Crippen LogP contribution in [0.4, 0.5) is 5.69 Å². The van der Waals surface area contributed by atoms with Gasteiger partial charge in [-0.15, -0.1) is 0 Å². The highest BCUT2D eigenvalue weighted by Crippen LogP contribution is 2.32. The summed E-state index contributed by atoms with van der Waals surface area (Å²) in [6.07, 6.45) is 3.43. The maximum Gasteiger partial charge on any atom is 0.274 e. The van der Waals surface area contributed by atoms with Gasteiger partial charge in [0.15, 0.2) is 5.82 Å². The van der Waals surface area contributed by atoms with Gasteiger partial charge in [0.05, 0.1) is 12.8 Å². The second-order valence-corrected chi connectivity index (χ2v) is 6.00. The van der Waals surface area contributed by atoms with E-state index in [9.17, 15) is 4.79 Å². The standard InChI is InChI=1S/C17H15BrN4O2/c1-11-9-12(18)10-14(24-2)16(11)21-17(23)13-5-3-6-15(20-13)22-8-4-7-19-22/h3-10H,1-2H3,(H,21,23). The van der Waals surface area contributed by atoms with E-state index in [0.29, 0.717) is 22.9 Å². The first-order chi connectivity index (χ1) is 11.6. The monoisotopic (exact) mass is 386 g/mol. The van der Waals surface area contributed by atoms with Crippen molar-refractivity contribution in [2.45, 2.75) is 6.92 Å². The molecule has 0 aliphatic heterocycles. The minimum atomic E-state index is -0.312. The van der Waals surface area contributed by atoms with Gasteiger partial charge in [-0.1, -0.05) is 22.0 Å². The fourth-order valence-electron chi connectivity index (χ4n) is 2.29. The number of carbonyl (C=O) groups excluding carboxylic acids is 1. The van der Waals surface area contributed by atoms with E-state index in [1.54, 1.807) is 54.5 Å². The molecule has 0 aliphatic rings. The second-order valence-electron chi connectivity index (χ2n) is 5.09. The van der Waals surface area contributed by atoms with Crippen LogP contribution in [-0.4, -0.2) is 27.8 Å². The van der Waals surface area contributed by atoms with Crippen LogP contribution >= 0.6 is 15.9 Å². The molecule has 0 unspecified atom stereocenters. The quantitative estimate of drug-likeness (QED) is 0.743. The lowest BCUT2D eigenvalue weighted by atomic mass is 10.1. The Hall–Kier alpha value is -2.67. The molecule has 0 aliphatic carbocycles. The van der Waals surface area contributed by atoms with Crippen molar-refractivity contribution in [1.82, 2.24) is 14.8 Å². The molecule has 0 saturated heterocycles. The summed E-state index contributed by atoms with van der Waals surface area (Å²) in [5, 5.41) is 6.99. The molecule has 1 N–H and O–H groups in total. The van der Waals surface area contributed by atoms with Crippen molar-refractivity contribution >= 4 is 27.5 Å². The number of rotatable bonds is 4. The highest BCUT2D eigenvalue weighted by molar-refractivity contribution is 9.10. The third-order valence-electron chi connectivity index (χ3n) is 3.43. The summed E-state index contributed by atoms with van der Waals surface area (Å²) in [5.74, 6) is 0.846. The molecule has 3 rings (SSSR count). The summed E-state index contributed by atoms with van der Waals surface area (Å²) in [6, 6.07) is 10.7. The Labute approximate surface area is 147 Å². The number of nitrogens with one attached hydrogen (secondary N) is 1. The van der Waals surface area contributed by atoms with Crippen molar-refractivity contribution in [3.05, 3.63) is 64.5 Å². The Bertz CT molecular complexity index is 878. The van der Waals surface area contributed by atoms with Crippen LogP contribution in [-0.2, 0) is 0 Å². The van der Waals surface area contributed by atoms with Crippen molar-refractivity contribution in [1.29, 1.82) is 0 Å². The lowest BCUT2D eigenvalue weighted by Gasteiger charge is -2.13. The zero-order valence-electron chi connectivity index (χ0n) is 13.2. The molecule has 7 heteroatoms. The predicted octanol–water partition coefficient (Wildman–Crippen LogP) is 3.60. The molecule has 122 valence electrons. The Morgan fingerprint density at radius 3 is 2.83 bits per heavy atom. The molecule has 0 atom stereocenters. The molecule has 0 bridgehead atoms. The van der Waals surface area contributed by atoms with E-state index in [2.05, 4.69) is 31.3 Å². The number of ether oxygens (including phenoxy) is 1. The topological polar surface area (TPSA) is 69.0 Å². The van der Waals surface area contributed by atoms with Crippen molar-refractivity contribution < 1.29 is 9.53 Å². The van der Waals surface area contributed by atoms with Crippen LogP contribution in [0.2, 0.25) is 0 Å². The van der Waals surface area contributed by atoms with Gasteiger partial charge in [-0.2, -0.15) is 5.10 Å². The number of halogens is 1. The maximum atomic E-state index is 12.6. The first kappa shape index (κ1) is 16.2. The Morgan fingerprint density at radius 1 is 1.29 bits per heavy atom. The van der Waals surface area contributed by atoms with Crippen molar-refractivity contribution in [3.8, 4) is 11.6 Å². The van der Waals surface area contributed by atoms with Crippen LogP contribution in [0.3, 0.4) is 0 Å². The van der Waals surface area contributed by atoms with Gasteiger partial charge in [-0.3, -0.25) is 4.79 Å². The van der Waals surface area contributed by atoms with Crippen LogP contribution in [0.15, 0.2) is 53.3 Å². The molecule has 0 radical (unpaired) electrons. The van der Waals surface area contributed by atoms with Gasteiger partial charge >= 0.3 is 0 Å². The average Bonchev–Trinajstić information content (AvgIpc) is 3.11. The Balaban J connectivity index is 1.90. The largest absolute Gasteiger partial charge is 0.495 e. The molecule has 1 aromatic carbocycles. The highest BCUT2D eigenvalue weighted by atomic mass is 79.9. The third-order valence-corrected chi connectivity index (χ3v) is 3.89. The molecule has 6 nitrogen and oxygen atoms in total. The minimum Gasteiger partial charge on any atom is -0.495 e. The number of benzene rings is 1. The van der Waals surface area contributed by atoms with E-state index in [-0.39, 0.29) is 5.91 Å². The lowest BCUT2D eigenvalue weighted by Crippen LogP contribution is -2.16. The summed E-state index contributed by atoms with van der Waals surface area (Å²) in [5.41, 5.74) is 1.81. The molecule has 0 fully saturated rings. The van der Waals surface area contributed by atoms with Crippen molar-refractivity contribution in [3.63, 3.8) is 0 Å². The zero-order chi connectivity index (χ0) is 17.1. The fourth-order valence-corrected chi connectivity index (χ4v) is 2.84. The summed E-state index contributed by atoms with van der Waals surface area (Å²) in [6.45, 7) is 1.90. The summed E-state index contributed by atoms with van der Waals surface area (Å²) in [4.78, 5) is 16.9. The van der Waals surface area contributed by atoms with Gasteiger partial charge < -0.3 is 10.1 Å². The van der Waals surface area contributed by atoms with Crippen LogP contribution in [0.25, 0.3) is 5.82 Å². The molecule has 24 heavy (non-hydrogen) atoms. The van der Waals surface area contributed by atoms with Crippen LogP contribution in [0.5, 0.6) is 5.75 Å². The Morgan fingerprint density at radius 2 is 2.12 bits per heavy atom. The van der Waals surface area contributed by atoms with Gasteiger partial charge in [0, 0.05) is 16.9 Å². The van der Waals surface area contributed by atoms with Crippen LogP contribution in [0.1, 0.15) is 16.1 Å². The molecule has 2 heterocycles. The van der Waals surface area contributed by atoms with Gasteiger partial charge in [0.1, 0.15) is 11.4 Å². The van der Waals surface area contributed by atoms with E-state index in [4.69, 9.17) is 4.74 Å². The SMILES string of the molecule is COc1cc(Br)cc(C)c1NC(=O)c1cccc(-n2cccn2)n1. The van der Waals surface area contributed by atoms with E-state index < -0.39 is 0 Å². The molecular formula is C17H15BrN4O2. The van der Waals surface area contributed by atoms with Crippen molar-refractivity contribution in [2.24, 2.45) is 0 Å². The summed E-state index contributed by atoms with van der Waals surface area (Å²) < 4.78 is 7.83. The highest BCUT2D eigenvalue weighted by Gasteiger charge is 2.14. The number of hydrogen-bond donors (Lipinski definition) is 1. The van der Waals surface area contributed by atoms with Crippen LogP contribution < -0.4 is 10.1 Å². The number of carbonyl (C=O) groups is 1. The van der Waals surface area contributed by atoms with Gasteiger partial charge in [-0.25, -0.2) is 9.67 Å². The molecule has 1 amide bonds. The molecule has 3 aromatic rings. The van der Waals surface area contributed by atoms with E-state index in [0.717, 1.165) is 10.0 Å². The third kappa shape index (κ3) is 3.30. The number of nitrogens with zero attached hydrogens (tertiary/aromatic N) is 3. The summed E-state index contributed by atoms with van der Waals surface area (Å²) >= 11 is 3.42. The fraction of sp³-hybridized carbons (Fsp3) is 0.118. The van der Waals surface area contributed by atoms with Gasteiger partial charge in [0.25, 0.3) is 5.91 Å². The smallest absolute Gasteiger partial charge is 0.274 e. The lowest BCUT2D eigenvalue weighted by molar-refractivity contribution is 0.102. The first-order valence-corrected chi connectivity index (χ1v) is 8.00. The second kappa shape index (κ2) is 6.84. The average molecular weight is 387 g/mol. The van der Waals surface area contributed by atoms with Gasteiger partial charge in [-0.05, 0) is 42.8 Å². The summed E-state index contributed by atoms with van der Waals surface area (Å²) in [7, 11) is 1.56. The Kier molecular flexibility index (Phi) is 4.61. The number of aromatic nitrogens is 3. The number of anilines is 1. The zero-order valence-corrected chi connectivity index (χ0v) is 14.7. The number of aryl methyl sites for hydroxylation is 1. The molecule has 0 saturated carbocycles. The number of methoxy groups -OCH3 is 1. The molecule has 0 spiro atoms. The number of pyridine rings is 1. The van der Waals surface area contributed by atoms with E-state index in [1.165, 1.54) is 0 Å². The number of amides is 1. The number of hydrogen-bond acceptors (Lipinski definition) is 4. The molecular weight excluding hydrogens is 372 g/mol. The van der Waals surface area contributed by atoms with E-state index in [1.807, 2.05) is 13.0 Å². The first-order valence-electron chi connectivity index (χ1n) is 7.21. The van der Waals surface area contributed by atoms with Crippen LogP contribution in [0, 0.1) is 6.92 Å². The molecule has 2 aromatic heterocycles.